The highest BCUT2D eigenvalue weighted by Gasteiger charge is 2.36. The molecule has 0 saturated carbocycles. The molecule has 2 amide bonds. The van der Waals surface area contributed by atoms with Crippen LogP contribution < -0.4 is 4.90 Å². The number of rotatable bonds is 2. The fourth-order valence-electron chi connectivity index (χ4n) is 1.90. The van der Waals surface area contributed by atoms with Crippen molar-refractivity contribution in [3.8, 4) is 5.75 Å². The zero-order valence-corrected chi connectivity index (χ0v) is 11.6. The van der Waals surface area contributed by atoms with Crippen molar-refractivity contribution in [3.05, 3.63) is 59.3 Å². The predicted octanol–water partition coefficient (Wildman–Crippen LogP) is 3.03. The lowest BCUT2D eigenvalue weighted by molar-refractivity contribution is -0.113. The molecule has 104 valence electrons. The summed E-state index contributed by atoms with van der Waals surface area (Å²) in [6, 6.07) is 9.49. The molecule has 0 unspecified atom stereocenters. The number of pyridine rings is 1. The SMILES string of the molecule is O=C1S/C(=C/c2cccnc2)C(=O)N1c1ccc(O)cc1. The van der Waals surface area contributed by atoms with Gasteiger partial charge in [-0.05, 0) is 53.7 Å². The molecule has 1 aliphatic heterocycles. The number of hydrogen-bond donors (Lipinski definition) is 1. The second-order valence-corrected chi connectivity index (χ2v) is 5.31. The lowest BCUT2D eigenvalue weighted by Gasteiger charge is -2.12. The van der Waals surface area contributed by atoms with Crippen LogP contribution in [-0.2, 0) is 4.79 Å². The Balaban J connectivity index is 1.92. The van der Waals surface area contributed by atoms with Crippen molar-refractivity contribution >= 4 is 34.7 Å². The van der Waals surface area contributed by atoms with E-state index in [0.717, 1.165) is 22.2 Å². The number of anilines is 1. The van der Waals surface area contributed by atoms with E-state index in [1.54, 1.807) is 24.5 Å². The Morgan fingerprint density at radius 1 is 1.14 bits per heavy atom. The lowest BCUT2D eigenvalue weighted by atomic mass is 10.2. The average Bonchev–Trinajstić information content (AvgIpc) is 2.76. The molecule has 3 rings (SSSR count). The number of hydrogen-bond acceptors (Lipinski definition) is 5. The van der Waals surface area contributed by atoms with Crippen LogP contribution in [0.4, 0.5) is 10.5 Å². The number of phenolic OH excluding ortho intramolecular Hbond substituents is 1. The predicted molar refractivity (Wildman–Crippen MR) is 80.8 cm³/mol. The normalized spacial score (nSPS) is 16.8. The minimum absolute atomic E-state index is 0.0802. The summed E-state index contributed by atoms with van der Waals surface area (Å²) in [5.41, 5.74) is 1.19. The molecule has 1 fully saturated rings. The monoisotopic (exact) mass is 298 g/mol. The summed E-state index contributed by atoms with van der Waals surface area (Å²) >= 11 is 0.884. The van der Waals surface area contributed by atoms with Gasteiger partial charge >= 0.3 is 0 Å². The minimum atomic E-state index is -0.375. The molecule has 2 heterocycles. The standard InChI is InChI=1S/C15H10N2O3S/c18-12-5-3-11(4-6-12)17-14(19)13(21-15(17)20)8-10-2-1-7-16-9-10/h1-9,18H/b13-8+. The Kier molecular flexibility index (Phi) is 3.45. The largest absolute Gasteiger partial charge is 0.508 e. The van der Waals surface area contributed by atoms with E-state index in [0.29, 0.717) is 10.6 Å². The van der Waals surface area contributed by atoms with Gasteiger partial charge in [0.15, 0.2) is 0 Å². The van der Waals surface area contributed by atoms with Crippen LogP contribution >= 0.6 is 11.8 Å². The van der Waals surface area contributed by atoms with Gasteiger partial charge in [-0.3, -0.25) is 14.6 Å². The van der Waals surface area contributed by atoms with E-state index < -0.39 is 0 Å². The molecule has 1 saturated heterocycles. The third-order valence-corrected chi connectivity index (χ3v) is 3.75. The number of phenols is 1. The molecular weight excluding hydrogens is 288 g/mol. The van der Waals surface area contributed by atoms with Gasteiger partial charge in [0.25, 0.3) is 11.1 Å². The maximum atomic E-state index is 12.3. The van der Waals surface area contributed by atoms with Gasteiger partial charge in [0, 0.05) is 12.4 Å². The van der Waals surface area contributed by atoms with Gasteiger partial charge in [0.05, 0.1) is 10.6 Å². The topological polar surface area (TPSA) is 70.5 Å². The Bertz CT molecular complexity index is 726. The summed E-state index contributed by atoms with van der Waals surface area (Å²) in [5, 5.41) is 8.91. The zero-order valence-electron chi connectivity index (χ0n) is 10.8. The first-order valence-corrected chi connectivity index (χ1v) is 6.94. The van der Waals surface area contributed by atoms with E-state index in [4.69, 9.17) is 0 Å². The van der Waals surface area contributed by atoms with Crippen LogP contribution in [0.25, 0.3) is 6.08 Å². The Morgan fingerprint density at radius 2 is 1.90 bits per heavy atom. The lowest BCUT2D eigenvalue weighted by Crippen LogP contribution is -2.27. The smallest absolute Gasteiger partial charge is 0.298 e. The zero-order chi connectivity index (χ0) is 14.8. The first kappa shape index (κ1) is 13.4. The minimum Gasteiger partial charge on any atom is -0.508 e. The van der Waals surface area contributed by atoms with Gasteiger partial charge in [-0.1, -0.05) is 6.07 Å². The second kappa shape index (κ2) is 5.41. The second-order valence-electron chi connectivity index (χ2n) is 4.32. The highest BCUT2D eigenvalue weighted by molar-refractivity contribution is 8.19. The molecule has 1 N–H and O–H groups in total. The number of carbonyl (C=O) groups excluding carboxylic acids is 2. The Morgan fingerprint density at radius 3 is 2.57 bits per heavy atom. The number of nitrogens with zero attached hydrogens (tertiary/aromatic N) is 2. The molecule has 6 heteroatoms. The quantitative estimate of drug-likeness (QED) is 0.863. The molecule has 21 heavy (non-hydrogen) atoms. The van der Waals surface area contributed by atoms with Crippen molar-refractivity contribution in [2.45, 2.75) is 0 Å². The number of benzene rings is 1. The Labute approximate surface area is 124 Å². The van der Waals surface area contributed by atoms with Crippen LogP contribution in [-0.4, -0.2) is 21.2 Å². The summed E-state index contributed by atoms with van der Waals surface area (Å²) in [4.78, 5) is 29.8. The first-order chi connectivity index (χ1) is 10.1. The molecule has 0 radical (unpaired) electrons. The van der Waals surface area contributed by atoms with Gasteiger partial charge in [0.2, 0.25) is 0 Å². The highest BCUT2D eigenvalue weighted by Crippen LogP contribution is 2.35. The van der Waals surface area contributed by atoms with Gasteiger partial charge in [-0.2, -0.15) is 0 Å². The molecule has 1 aliphatic rings. The van der Waals surface area contributed by atoms with E-state index >= 15 is 0 Å². The third kappa shape index (κ3) is 2.66. The maximum Gasteiger partial charge on any atom is 0.298 e. The van der Waals surface area contributed by atoms with Crippen LogP contribution in [0, 0.1) is 0 Å². The van der Waals surface area contributed by atoms with Crippen molar-refractivity contribution < 1.29 is 14.7 Å². The number of aromatic hydroxyl groups is 1. The van der Waals surface area contributed by atoms with E-state index in [9.17, 15) is 14.7 Å². The van der Waals surface area contributed by atoms with Crippen molar-refractivity contribution in [3.63, 3.8) is 0 Å². The molecule has 1 aromatic carbocycles. The summed E-state index contributed by atoms with van der Waals surface area (Å²) in [5.74, 6) is -0.295. The van der Waals surface area contributed by atoms with Gasteiger partial charge < -0.3 is 5.11 Å². The van der Waals surface area contributed by atoms with Crippen LogP contribution in [0.2, 0.25) is 0 Å². The summed E-state index contributed by atoms with van der Waals surface area (Å²) in [6.07, 6.45) is 4.90. The summed E-state index contributed by atoms with van der Waals surface area (Å²) in [7, 11) is 0. The number of thioether (sulfide) groups is 1. The number of carbonyl (C=O) groups is 2. The van der Waals surface area contributed by atoms with Crippen LogP contribution in [0.3, 0.4) is 0 Å². The van der Waals surface area contributed by atoms with Crippen molar-refractivity contribution in [2.75, 3.05) is 4.90 Å². The van der Waals surface area contributed by atoms with E-state index in [-0.39, 0.29) is 16.9 Å². The van der Waals surface area contributed by atoms with Gasteiger partial charge in [-0.15, -0.1) is 0 Å². The first-order valence-electron chi connectivity index (χ1n) is 6.12. The van der Waals surface area contributed by atoms with Crippen LogP contribution in [0.1, 0.15) is 5.56 Å². The van der Waals surface area contributed by atoms with Gasteiger partial charge in [0.1, 0.15) is 5.75 Å². The molecule has 0 spiro atoms. The molecular formula is C15H10N2O3S. The third-order valence-electron chi connectivity index (χ3n) is 2.88. The molecule has 0 aliphatic carbocycles. The summed E-state index contributed by atoms with van der Waals surface area (Å²) < 4.78 is 0. The molecule has 2 aromatic rings. The van der Waals surface area contributed by atoms with E-state index in [1.807, 2.05) is 6.07 Å². The number of amides is 2. The van der Waals surface area contributed by atoms with Gasteiger partial charge in [-0.25, -0.2) is 4.90 Å². The van der Waals surface area contributed by atoms with E-state index in [1.165, 1.54) is 24.3 Å². The van der Waals surface area contributed by atoms with Crippen molar-refractivity contribution in [1.82, 2.24) is 4.98 Å². The highest BCUT2D eigenvalue weighted by atomic mass is 32.2. The van der Waals surface area contributed by atoms with Crippen LogP contribution in [0.5, 0.6) is 5.75 Å². The fraction of sp³-hybridized carbons (Fsp3) is 0. The molecule has 1 aromatic heterocycles. The van der Waals surface area contributed by atoms with Crippen molar-refractivity contribution in [1.29, 1.82) is 0 Å². The van der Waals surface area contributed by atoms with Crippen LogP contribution in [0.15, 0.2) is 53.7 Å². The molecule has 0 bridgehead atoms. The van der Waals surface area contributed by atoms with Crippen molar-refractivity contribution in [2.24, 2.45) is 0 Å². The number of imide groups is 1. The summed E-state index contributed by atoms with van der Waals surface area (Å²) in [6.45, 7) is 0. The van der Waals surface area contributed by atoms with E-state index in [2.05, 4.69) is 4.98 Å². The maximum absolute atomic E-state index is 12.3. The Hall–Kier alpha value is -2.60. The average molecular weight is 298 g/mol. The fourth-order valence-corrected chi connectivity index (χ4v) is 2.75. The number of aromatic nitrogens is 1. The molecule has 0 atom stereocenters. The molecule has 5 nitrogen and oxygen atoms in total.